The van der Waals surface area contributed by atoms with E-state index in [9.17, 15) is 0 Å². The Kier molecular flexibility index (Phi) is 3.72. The number of aromatic nitrogens is 2. The average molecular weight is 260 g/mol. The Bertz CT molecular complexity index is 288. The molecule has 1 N–H and O–H groups in total. The highest BCUT2D eigenvalue weighted by molar-refractivity contribution is 9.10. The molecule has 0 amide bonds. The molecule has 3 nitrogen and oxygen atoms in total. The fraction of sp³-hybridized carbons (Fsp3) is 0.700. The van der Waals surface area contributed by atoms with Crippen LogP contribution in [-0.4, -0.2) is 21.9 Å². The predicted octanol–water partition coefficient (Wildman–Crippen LogP) is 2.59. The summed E-state index contributed by atoms with van der Waals surface area (Å²) in [6.07, 6.45) is 3.81. The second kappa shape index (κ2) is 4.45. The second-order valence-corrected chi connectivity index (χ2v) is 5.53. The summed E-state index contributed by atoms with van der Waals surface area (Å²) >= 11 is 3.39. The highest BCUT2D eigenvalue weighted by Gasteiger charge is 2.12. The van der Waals surface area contributed by atoms with Crippen molar-refractivity contribution in [1.29, 1.82) is 0 Å². The van der Waals surface area contributed by atoms with E-state index in [1.165, 1.54) is 0 Å². The maximum Gasteiger partial charge on any atom is 0.0632 e. The van der Waals surface area contributed by atoms with E-state index in [1.807, 2.05) is 17.1 Å². The van der Waals surface area contributed by atoms with Crippen molar-refractivity contribution in [3.8, 4) is 0 Å². The van der Waals surface area contributed by atoms with Gasteiger partial charge in [-0.05, 0) is 43.6 Å². The number of hydrogen-bond donors (Lipinski definition) is 1. The molecule has 80 valence electrons. The Morgan fingerprint density at radius 3 is 2.64 bits per heavy atom. The van der Waals surface area contributed by atoms with E-state index < -0.39 is 0 Å². The van der Waals surface area contributed by atoms with Gasteiger partial charge >= 0.3 is 0 Å². The van der Waals surface area contributed by atoms with Gasteiger partial charge in [-0.1, -0.05) is 0 Å². The van der Waals surface area contributed by atoms with Gasteiger partial charge in [-0.2, -0.15) is 5.10 Å². The smallest absolute Gasteiger partial charge is 0.0632 e. The van der Waals surface area contributed by atoms with Crippen LogP contribution < -0.4 is 5.32 Å². The van der Waals surface area contributed by atoms with Crippen molar-refractivity contribution < 1.29 is 0 Å². The summed E-state index contributed by atoms with van der Waals surface area (Å²) in [6.45, 7) is 9.58. The van der Waals surface area contributed by atoms with E-state index in [4.69, 9.17) is 0 Å². The van der Waals surface area contributed by atoms with Gasteiger partial charge in [0, 0.05) is 18.3 Å². The van der Waals surface area contributed by atoms with Gasteiger partial charge in [0.15, 0.2) is 0 Å². The summed E-state index contributed by atoms with van der Waals surface area (Å²) < 4.78 is 2.99. The monoisotopic (exact) mass is 259 g/mol. The molecule has 0 spiro atoms. The van der Waals surface area contributed by atoms with E-state index in [0.29, 0.717) is 6.04 Å². The fourth-order valence-corrected chi connectivity index (χ4v) is 1.40. The van der Waals surface area contributed by atoms with E-state index in [0.717, 1.165) is 11.0 Å². The fourth-order valence-electron chi connectivity index (χ4n) is 1.10. The van der Waals surface area contributed by atoms with Crippen molar-refractivity contribution >= 4 is 15.9 Å². The first-order chi connectivity index (χ1) is 6.38. The van der Waals surface area contributed by atoms with E-state index in [1.54, 1.807) is 0 Å². The molecule has 0 aliphatic carbocycles. The van der Waals surface area contributed by atoms with Crippen LogP contribution in [0.5, 0.6) is 0 Å². The Labute approximate surface area is 94.0 Å². The van der Waals surface area contributed by atoms with Gasteiger partial charge in [0.05, 0.1) is 16.7 Å². The summed E-state index contributed by atoms with van der Waals surface area (Å²) in [6, 6.07) is 0.375. The van der Waals surface area contributed by atoms with Gasteiger partial charge in [-0.15, -0.1) is 0 Å². The van der Waals surface area contributed by atoms with Gasteiger partial charge in [-0.3, -0.25) is 4.68 Å². The van der Waals surface area contributed by atoms with Gasteiger partial charge < -0.3 is 5.32 Å². The van der Waals surface area contributed by atoms with Crippen LogP contribution in [0.3, 0.4) is 0 Å². The molecule has 1 unspecified atom stereocenters. The molecule has 0 saturated heterocycles. The zero-order valence-electron chi connectivity index (χ0n) is 9.21. The molecule has 0 aromatic carbocycles. The lowest BCUT2D eigenvalue weighted by Crippen LogP contribution is -2.39. The Morgan fingerprint density at radius 2 is 2.21 bits per heavy atom. The van der Waals surface area contributed by atoms with Crippen molar-refractivity contribution in [2.45, 2.75) is 39.3 Å². The van der Waals surface area contributed by atoms with Gasteiger partial charge in [0.25, 0.3) is 0 Å². The number of halogens is 1. The predicted molar refractivity (Wildman–Crippen MR) is 62.4 cm³/mol. The SMILES string of the molecule is CC(CNC(C)(C)C)n1cc(Br)cn1. The summed E-state index contributed by atoms with van der Waals surface area (Å²) in [5.41, 5.74) is 0.165. The largest absolute Gasteiger partial charge is 0.310 e. The Morgan fingerprint density at radius 1 is 1.57 bits per heavy atom. The number of rotatable bonds is 3. The zero-order valence-corrected chi connectivity index (χ0v) is 10.8. The van der Waals surface area contributed by atoms with E-state index in [2.05, 4.69) is 54.0 Å². The van der Waals surface area contributed by atoms with Crippen LogP contribution in [0.4, 0.5) is 0 Å². The lowest BCUT2D eigenvalue weighted by Gasteiger charge is -2.23. The first kappa shape index (κ1) is 11.7. The second-order valence-electron chi connectivity index (χ2n) is 4.62. The number of nitrogens with one attached hydrogen (secondary N) is 1. The van der Waals surface area contributed by atoms with Crippen LogP contribution in [0.25, 0.3) is 0 Å². The third-order valence-corrected chi connectivity index (χ3v) is 2.36. The summed E-state index contributed by atoms with van der Waals surface area (Å²) in [5, 5.41) is 7.70. The number of nitrogens with zero attached hydrogens (tertiary/aromatic N) is 2. The van der Waals surface area contributed by atoms with Crippen molar-refractivity contribution in [2.24, 2.45) is 0 Å². The van der Waals surface area contributed by atoms with E-state index in [-0.39, 0.29) is 5.54 Å². The highest BCUT2D eigenvalue weighted by atomic mass is 79.9. The normalized spacial score (nSPS) is 14.4. The molecule has 1 rings (SSSR count). The van der Waals surface area contributed by atoms with Crippen LogP contribution >= 0.6 is 15.9 Å². The quantitative estimate of drug-likeness (QED) is 0.905. The van der Waals surface area contributed by atoms with Crippen LogP contribution in [0.2, 0.25) is 0 Å². The molecule has 1 aromatic rings. The number of hydrogen-bond acceptors (Lipinski definition) is 2. The third-order valence-electron chi connectivity index (χ3n) is 1.95. The molecule has 1 aromatic heterocycles. The molecule has 0 radical (unpaired) electrons. The Balaban J connectivity index is 2.47. The molecule has 0 aliphatic rings. The molecule has 0 saturated carbocycles. The first-order valence-electron chi connectivity index (χ1n) is 4.83. The molecule has 4 heteroatoms. The van der Waals surface area contributed by atoms with Crippen molar-refractivity contribution in [3.63, 3.8) is 0 Å². The van der Waals surface area contributed by atoms with Crippen molar-refractivity contribution in [3.05, 3.63) is 16.9 Å². The topological polar surface area (TPSA) is 29.9 Å². The van der Waals surface area contributed by atoms with Gasteiger partial charge in [0.1, 0.15) is 0 Å². The molecule has 1 heterocycles. The minimum Gasteiger partial charge on any atom is -0.310 e. The standard InChI is InChI=1S/C10H18BrN3/c1-8(5-12-10(2,3)4)14-7-9(11)6-13-14/h6-8,12H,5H2,1-4H3. The summed E-state index contributed by atoms with van der Waals surface area (Å²) in [5.74, 6) is 0. The minimum atomic E-state index is 0.165. The molecule has 0 aliphatic heterocycles. The molecule has 0 bridgehead atoms. The maximum atomic E-state index is 4.25. The lowest BCUT2D eigenvalue weighted by atomic mass is 10.1. The maximum absolute atomic E-state index is 4.25. The Hall–Kier alpha value is -0.350. The van der Waals surface area contributed by atoms with Crippen molar-refractivity contribution in [2.75, 3.05) is 6.54 Å². The molecule has 0 fully saturated rings. The highest BCUT2D eigenvalue weighted by Crippen LogP contribution is 2.11. The first-order valence-corrected chi connectivity index (χ1v) is 5.62. The third kappa shape index (κ3) is 3.80. The van der Waals surface area contributed by atoms with Crippen LogP contribution in [-0.2, 0) is 0 Å². The molecular weight excluding hydrogens is 242 g/mol. The molecule has 14 heavy (non-hydrogen) atoms. The molecular formula is C10H18BrN3. The van der Waals surface area contributed by atoms with Gasteiger partial charge in [-0.25, -0.2) is 0 Å². The lowest BCUT2D eigenvalue weighted by molar-refractivity contribution is 0.365. The van der Waals surface area contributed by atoms with Crippen LogP contribution in [0.1, 0.15) is 33.7 Å². The zero-order chi connectivity index (χ0) is 10.8. The van der Waals surface area contributed by atoms with Gasteiger partial charge in [0.2, 0.25) is 0 Å². The summed E-state index contributed by atoms with van der Waals surface area (Å²) in [7, 11) is 0. The minimum absolute atomic E-state index is 0.165. The summed E-state index contributed by atoms with van der Waals surface area (Å²) in [4.78, 5) is 0. The molecule has 1 atom stereocenters. The average Bonchev–Trinajstić information content (AvgIpc) is 2.46. The van der Waals surface area contributed by atoms with Crippen LogP contribution in [0.15, 0.2) is 16.9 Å². The van der Waals surface area contributed by atoms with Crippen LogP contribution in [0, 0.1) is 0 Å². The van der Waals surface area contributed by atoms with E-state index >= 15 is 0 Å². The van der Waals surface area contributed by atoms with Crippen molar-refractivity contribution in [1.82, 2.24) is 15.1 Å².